The second-order valence-electron chi connectivity index (χ2n) is 8.56. The summed E-state index contributed by atoms with van der Waals surface area (Å²) in [7, 11) is -3.79. The van der Waals surface area contributed by atoms with Crippen LogP contribution in [0.4, 0.5) is 5.82 Å². The van der Waals surface area contributed by atoms with E-state index < -0.39 is 40.5 Å². The Bertz CT molecular complexity index is 1550. The number of nitrogen functional groups attached to an aromatic ring is 1. The molecule has 198 valence electrons. The topological polar surface area (TPSA) is 192 Å². The fourth-order valence-corrected chi connectivity index (χ4v) is 5.04. The first kappa shape index (κ1) is 25.7. The highest BCUT2D eigenvalue weighted by Crippen LogP contribution is 2.32. The molecule has 38 heavy (non-hydrogen) atoms. The van der Waals surface area contributed by atoms with E-state index in [2.05, 4.69) is 19.7 Å². The summed E-state index contributed by atoms with van der Waals surface area (Å²) in [5.41, 5.74) is 7.32. The number of imidazole rings is 1. The first-order valence-corrected chi connectivity index (χ1v) is 13.0. The lowest BCUT2D eigenvalue weighted by molar-refractivity contribution is -0.0565. The van der Waals surface area contributed by atoms with E-state index in [4.69, 9.17) is 15.2 Å². The summed E-state index contributed by atoms with van der Waals surface area (Å²) in [6.45, 7) is -0.241. The van der Waals surface area contributed by atoms with E-state index in [1.165, 1.54) is 41.5 Å². The predicted octanol–water partition coefficient (Wildman–Crippen LogP) is 0.363. The van der Waals surface area contributed by atoms with Crippen LogP contribution in [0.15, 0.2) is 72.1 Å². The average molecular weight is 541 g/mol. The zero-order valence-corrected chi connectivity index (χ0v) is 20.6. The van der Waals surface area contributed by atoms with Crippen LogP contribution in [0.25, 0.3) is 11.2 Å². The molecule has 1 fully saturated rings. The van der Waals surface area contributed by atoms with Gasteiger partial charge in [0.05, 0.1) is 16.8 Å². The zero-order chi connectivity index (χ0) is 26.9. The third-order valence-electron chi connectivity index (χ3n) is 6.09. The van der Waals surface area contributed by atoms with Crippen LogP contribution >= 0.6 is 0 Å². The summed E-state index contributed by atoms with van der Waals surface area (Å²) in [6.07, 6.45) is -2.23. The number of nitrogens with one attached hydrogen (secondary N) is 1. The number of nitrogens with zero attached hydrogens (tertiary/aromatic N) is 4. The van der Waals surface area contributed by atoms with Crippen LogP contribution in [0.3, 0.4) is 0 Å². The maximum absolute atomic E-state index is 12.6. The van der Waals surface area contributed by atoms with E-state index in [0.29, 0.717) is 11.2 Å². The van der Waals surface area contributed by atoms with Crippen molar-refractivity contribution in [2.45, 2.75) is 36.0 Å². The molecule has 2 aromatic carbocycles. The Kier molecular flexibility index (Phi) is 7.05. The van der Waals surface area contributed by atoms with Gasteiger partial charge in [0, 0.05) is 6.54 Å². The van der Waals surface area contributed by atoms with E-state index in [-0.39, 0.29) is 29.4 Å². The van der Waals surface area contributed by atoms with Gasteiger partial charge < -0.3 is 25.4 Å². The molecular weight excluding hydrogens is 516 g/mol. The minimum absolute atomic E-state index is 0.0116. The molecule has 2 aromatic heterocycles. The van der Waals surface area contributed by atoms with Gasteiger partial charge in [-0.3, -0.25) is 4.57 Å². The first-order valence-electron chi connectivity index (χ1n) is 11.5. The minimum atomic E-state index is -3.79. The molecule has 1 aliphatic rings. The number of nitrogens with two attached hydrogens (primary N) is 1. The molecule has 0 aliphatic carbocycles. The zero-order valence-electron chi connectivity index (χ0n) is 19.8. The van der Waals surface area contributed by atoms with Crippen LogP contribution < -0.4 is 10.5 Å². The van der Waals surface area contributed by atoms with Gasteiger partial charge in [0.25, 0.3) is 0 Å². The van der Waals surface area contributed by atoms with Gasteiger partial charge in [-0.1, -0.05) is 30.3 Å². The lowest BCUT2D eigenvalue weighted by Gasteiger charge is -2.16. The number of aliphatic hydroxyl groups excluding tert-OH is 2. The van der Waals surface area contributed by atoms with Gasteiger partial charge >= 0.3 is 5.97 Å². The van der Waals surface area contributed by atoms with Crippen molar-refractivity contribution in [1.29, 1.82) is 0 Å². The maximum Gasteiger partial charge on any atom is 0.338 e. The summed E-state index contributed by atoms with van der Waals surface area (Å²) >= 11 is 0. The SMILES string of the molecule is Nc1ncnc2c1ncn2[C@@H]1O[C@H](COC(=O)c2ccc(S(=O)(=O)NCc3ccccc3)cc2)[C@@H](O)[C@H]1O. The number of hydrogen-bond donors (Lipinski definition) is 4. The maximum atomic E-state index is 12.6. The van der Waals surface area contributed by atoms with Crippen molar-refractivity contribution < 1.29 is 32.9 Å². The number of esters is 1. The van der Waals surface area contributed by atoms with E-state index in [1.54, 1.807) is 12.1 Å². The Morgan fingerprint density at radius 1 is 1.05 bits per heavy atom. The number of benzene rings is 2. The molecule has 0 spiro atoms. The van der Waals surface area contributed by atoms with Gasteiger partial charge in [-0.2, -0.15) is 0 Å². The molecular formula is C24H24N6O7S. The third kappa shape index (κ3) is 5.07. The van der Waals surface area contributed by atoms with E-state index in [0.717, 1.165) is 5.56 Å². The molecule has 1 aliphatic heterocycles. The van der Waals surface area contributed by atoms with Crippen molar-refractivity contribution in [1.82, 2.24) is 24.2 Å². The number of rotatable bonds is 8. The molecule has 3 heterocycles. The summed E-state index contributed by atoms with van der Waals surface area (Å²) in [6, 6.07) is 14.3. The fraction of sp³-hybridized carbons (Fsp3) is 0.250. The molecule has 0 radical (unpaired) electrons. The third-order valence-corrected chi connectivity index (χ3v) is 7.50. The largest absolute Gasteiger partial charge is 0.459 e. The van der Waals surface area contributed by atoms with Crippen molar-refractivity contribution in [2.75, 3.05) is 12.3 Å². The lowest BCUT2D eigenvalue weighted by Crippen LogP contribution is -2.34. The van der Waals surface area contributed by atoms with Gasteiger partial charge in [0.15, 0.2) is 17.7 Å². The van der Waals surface area contributed by atoms with Crippen LogP contribution in [0.2, 0.25) is 0 Å². The highest BCUT2D eigenvalue weighted by atomic mass is 32.2. The van der Waals surface area contributed by atoms with Gasteiger partial charge in [0.2, 0.25) is 10.0 Å². The predicted molar refractivity (Wildman–Crippen MR) is 133 cm³/mol. The number of aliphatic hydroxyl groups is 2. The molecule has 13 nitrogen and oxygen atoms in total. The Balaban J connectivity index is 1.20. The standard InChI is InChI=1S/C24H24N6O7S/c25-21-18-22(27-12-26-21)30(13-28-18)23-20(32)19(31)17(37-23)11-36-24(33)15-6-8-16(9-7-15)38(34,35)29-10-14-4-2-1-3-5-14/h1-9,12-13,17,19-20,23,29,31-32H,10-11H2,(H2,25,26,27)/t17-,19-,20-,23-/m1/s1. The van der Waals surface area contributed by atoms with Crippen LogP contribution in [-0.4, -0.2) is 69.0 Å². The van der Waals surface area contributed by atoms with Crippen molar-refractivity contribution in [3.8, 4) is 0 Å². The summed E-state index contributed by atoms with van der Waals surface area (Å²) < 4.78 is 40.1. The van der Waals surface area contributed by atoms with E-state index in [9.17, 15) is 23.4 Å². The molecule has 4 atom stereocenters. The molecule has 0 saturated carbocycles. The van der Waals surface area contributed by atoms with Crippen LogP contribution in [0.5, 0.6) is 0 Å². The average Bonchev–Trinajstić information content (AvgIpc) is 3.48. The van der Waals surface area contributed by atoms with Gasteiger partial charge in [0.1, 0.15) is 36.8 Å². The number of hydrogen-bond acceptors (Lipinski definition) is 11. The summed E-state index contributed by atoms with van der Waals surface area (Å²) in [4.78, 5) is 24.6. The second kappa shape index (κ2) is 10.4. The molecule has 0 unspecified atom stereocenters. The number of sulfonamides is 1. The Morgan fingerprint density at radius 2 is 1.79 bits per heavy atom. The highest BCUT2D eigenvalue weighted by Gasteiger charge is 2.45. The number of ether oxygens (including phenoxy) is 2. The van der Waals surface area contributed by atoms with Gasteiger partial charge in [-0.05, 0) is 29.8 Å². The van der Waals surface area contributed by atoms with E-state index in [1.807, 2.05) is 18.2 Å². The normalized spacial score (nSPS) is 21.5. The number of aromatic nitrogens is 4. The lowest BCUT2D eigenvalue weighted by atomic mass is 10.1. The fourth-order valence-electron chi connectivity index (χ4n) is 4.02. The number of carbonyl (C=O) groups excluding carboxylic acids is 1. The van der Waals surface area contributed by atoms with Crippen molar-refractivity contribution in [2.24, 2.45) is 0 Å². The molecule has 4 aromatic rings. The highest BCUT2D eigenvalue weighted by molar-refractivity contribution is 7.89. The quantitative estimate of drug-likeness (QED) is 0.226. The van der Waals surface area contributed by atoms with E-state index >= 15 is 0 Å². The Labute approximate surface area is 216 Å². The van der Waals surface area contributed by atoms with Crippen molar-refractivity contribution >= 4 is 33.0 Å². The molecule has 0 bridgehead atoms. The van der Waals surface area contributed by atoms with Crippen LogP contribution in [0, 0.1) is 0 Å². The summed E-state index contributed by atoms with van der Waals surface area (Å²) in [5, 5.41) is 21.0. The molecule has 1 saturated heterocycles. The van der Waals surface area contributed by atoms with Crippen LogP contribution in [0.1, 0.15) is 22.1 Å². The number of anilines is 1. The molecule has 5 N–H and O–H groups in total. The molecule has 14 heteroatoms. The molecule has 5 rings (SSSR count). The first-order chi connectivity index (χ1) is 18.2. The Morgan fingerprint density at radius 3 is 2.53 bits per heavy atom. The van der Waals surface area contributed by atoms with Gasteiger partial charge in [-0.25, -0.2) is 32.9 Å². The van der Waals surface area contributed by atoms with Crippen molar-refractivity contribution in [3.05, 3.63) is 78.4 Å². The Hall–Kier alpha value is -3.95. The summed E-state index contributed by atoms with van der Waals surface area (Å²) in [5.74, 6) is -0.605. The molecule has 0 amide bonds. The number of carbonyl (C=O) groups is 1. The second-order valence-corrected chi connectivity index (χ2v) is 10.3. The minimum Gasteiger partial charge on any atom is -0.459 e. The number of fused-ring (bicyclic) bond motifs is 1. The van der Waals surface area contributed by atoms with Gasteiger partial charge in [-0.15, -0.1) is 0 Å². The monoisotopic (exact) mass is 540 g/mol. The van der Waals surface area contributed by atoms with Crippen molar-refractivity contribution in [3.63, 3.8) is 0 Å². The van der Waals surface area contributed by atoms with Crippen LogP contribution in [-0.2, 0) is 26.0 Å². The smallest absolute Gasteiger partial charge is 0.338 e.